The van der Waals surface area contributed by atoms with E-state index in [0.29, 0.717) is 6.54 Å². The van der Waals surface area contributed by atoms with E-state index >= 15 is 0 Å². The second-order valence-electron chi connectivity index (χ2n) is 4.42. The molecular formula is C11H17N3O3. The fourth-order valence-electron chi connectivity index (χ4n) is 2.17. The molecule has 1 fully saturated rings. The third-order valence-electron chi connectivity index (χ3n) is 3.18. The fourth-order valence-corrected chi connectivity index (χ4v) is 2.17. The van der Waals surface area contributed by atoms with Crippen LogP contribution in [0.1, 0.15) is 25.7 Å². The van der Waals surface area contributed by atoms with Gasteiger partial charge in [-0.25, -0.2) is 9.80 Å². The lowest BCUT2D eigenvalue weighted by atomic mass is 10.2. The molecule has 0 spiro atoms. The van der Waals surface area contributed by atoms with E-state index < -0.39 is 5.97 Å². The molecule has 6 nitrogen and oxygen atoms in total. The number of hydrogen-bond acceptors (Lipinski definition) is 4. The molecule has 2 aliphatic heterocycles. The van der Waals surface area contributed by atoms with Gasteiger partial charge >= 0.3 is 5.97 Å². The molecule has 0 aromatic carbocycles. The summed E-state index contributed by atoms with van der Waals surface area (Å²) >= 11 is 0. The Kier molecular flexibility index (Phi) is 3.73. The predicted octanol–water partition coefficient (Wildman–Crippen LogP) is 0.145. The number of carbonyl (C=O) groups excluding carboxylic acids is 1. The smallest absolute Gasteiger partial charge is 0.352 e. The molecule has 0 aromatic rings. The summed E-state index contributed by atoms with van der Waals surface area (Å²) in [4.78, 5) is 24.6. The highest BCUT2D eigenvalue weighted by Crippen LogP contribution is 2.11. The summed E-state index contributed by atoms with van der Waals surface area (Å²) in [6.45, 7) is 3.41. The number of nitrogens with zero attached hydrogens (tertiary/aromatic N) is 3. The number of hydrazone groups is 1. The van der Waals surface area contributed by atoms with Gasteiger partial charge in [0.1, 0.15) is 5.71 Å². The van der Waals surface area contributed by atoms with E-state index in [2.05, 4.69) is 10.0 Å². The summed E-state index contributed by atoms with van der Waals surface area (Å²) in [6.07, 6.45) is 2.91. The first-order valence-corrected chi connectivity index (χ1v) is 6.00. The van der Waals surface area contributed by atoms with Gasteiger partial charge in [0.15, 0.2) is 0 Å². The van der Waals surface area contributed by atoms with E-state index in [1.807, 2.05) is 0 Å². The summed E-state index contributed by atoms with van der Waals surface area (Å²) in [5, 5.41) is 14.1. The summed E-state index contributed by atoms with van der Waals surface area (Å²) in [5.41, 5.74) is 0.0889. The minimum Gasteiger partial charge on any atom is -0.477 e. The van der Waals surface area contributed by atoms with Crippen LogP contribution in [-0.2, 0) is 9.59 Å². The van der Waals surface area contributed by atoms with Crippen molar-refractivity contribution in [2.45, 2.75) is 25.7 Å². The van der Waals surface area contributed by atoms with Gasteiger partial charge in [-0.05, 0) is 25.9 Å². The first-order valence-electron chi connectivity index (χ1n) is 6.00. The molecule has 2 aliphatic rings. The number of amides is 1. The molecule has 6 heteroatoms. The van der Waals surface area contributed by atoms with E-state index in [9.17, 15) is 9.59 Å². The topological polar surface area (TPSA) is 73.2 Å². The molecular weight excluding hydrogens is 222 g/mol. The molecule has 0 radical (unpaired) electrons. The van der Waals surface area contributed by atoms with E-state index in [1.165, 1.54) is 17.9 Å². The summed E-state index contributed by atoms with van der Waals surface area (Å²) in [5.74, 6) is -1.10. The van der Waals surface area contributed by atoms with Crippen LogP contribution in [0.5, 0.6) is 0 Å². The van der Waals surface area contributed by atoms with Gasteiger partial charge in [0.05, 0.1) is 6.54 Å². The molecule has 0 bridgehead atoms. The van der Waals surface area contributed by atoms with Crippen molar-refractivity contribution in [3.8, 4) is 0 Å². The van der Waals surface area contributed by atoms with Crippen molar-refractivity contribution in [1.29, 1.82) is 0 Å². The highest BCUT2D eigenvalue weighted by atomic mass is 16.4. The summed E-state index contributed by atoms with van der Waals surface area (Å²) in [6, 6.07) is 0. The van der Waals surface area contributed by atoms with Crippen molar-refractivity contribution in [2.24, 2.45) is 5.10 Å². The maximum atomic E-state index is 11.6. The van der Waals surface area contributed by atoms with Crippen LogP contribution in [0.4, 0.5) is 0 Å². The van der Waals surface area contributed by atoms with Crippen molar-refractivity contribution < 1.29 is 14.7 Å². The Hall–Kier alpha value is -1.43. The zero-order chi connectivity index (χ0) is 12.3. The normalized spacial score (nSPS) is 21.8. The molecule has 2 rings (SSSR count). The Morgan fingerprint density at radius 1 is 1.24 bits per heavy atom. The van der Waals surface area contributed by atoms with Crippen molar-refractivity contribution >= 4 is 17.6 Å². The van der Waals surface area contributed by atoms with Crippen LogP contribution < -0.4 is 0 Å². The molecule has 2 heterocycles. The standard InChI is InChI=1S/C11H17N3O3/c15-10-4-3-9(11(16)17)12-14(10)8-7-13-5-1-2-6-13/h1-8H2,(H,16,17). The van der Waals surface area contributed by atoms with Crippen molar-refractivity contribution in [1.82, 2.24) is 9.91 Å². The molecule has 0 aliphatic carbocycles. The molecule has 1 amide bonds. The highest BCUT2D eigenvalue weighted by Gasteiger charge is 2.24. The third-order valence-corrected chi connectivity index (χ3v) is 3.18. The number of likely N-dealkylation sites (tertiary alicyclic amines) is 1. The van der Waals surface area contributed by atoms with Crippen LogP contribution in [0.3, 0.4) is 0 Å². The summed E-state index contributed by atoms with van der Waals surface area (Å²) < 4.78 is 0. The Balaban J connectivity index is 1.90. The number of carboxylic acid groups (broad SMARTS) is 1. The van der Waals surface area contributed by atoms with Gasteiger partial charge in [0, 0.05) is 19.4 Å². The average Bonchev–Trinajstić information content (AvgIpc) is 2.80. The summed E-state index contributed by atoms with van der Waals surface area (Å²) in [7, 11) is 0. The molecule has 1 saturated heterocycles. The second kappa shape index (κ2) is 5.27. The van der Waals surface area contributed by atoms with Gasteiger partial charge in [-0.2, -0.15) is 5.10 Å². The quantitative estimate of drug-likeness (QED) is 0.757. The van der Waals surface area contributed by atoms with Crippen LogP contribution in [0.2, 0.25) is 0 Å². The van der Waals surface area contributed by atoms with Crippen molar-refractivity contribution in [3.05, 3.63) is 0 Å². The van der Waals surface area contributed by atoms with Gasteiger partial charge < -0.3 is 10.0 Å². The molecule has 17 heavy (non-hydrogen) atoms. The SMILES string of the molecule is O=C(O)C1=NN(CCN2CCCC2)C(=O)CC1. The van der Waals surface area contributed by atoms with Crippen molar-refractivity contribution in [3.63, 3.8) is 0 Å². The van der Waals surface area contributed by atoms with Crippen LogP contribution in [0.15, 0.2) is 5.10 Å². The Morgan fingerprint density at radius 3 is 2.59 bits per heavy atom. The van der Waals surface area contributed by atoms with Gasteiger partial charge in [-0.1, -0.05) is 0 Å². The third kappa shape index (κ3) is 3.03. The maximum Gasteiger partial charge on any atom is 0.352 e. The van der Waals surface area contributed by atoms with Gasteiger partial charge in [0.2, 0.25) is 5.91 Å². The van der Waals surface area contributed by atoms with Crippen LogP contribution in [0, 0.1) is 0 Å². The minimum atomic E-state index is -1.02. The first kappa shape index (κ1) is 12.0. The van der Waals surface area contributed by atoms with Crippen molar-refractivity contribution in [2.75, 3.05) is 26.2 Å². The minimum absolute atomic E-state index is 0.0748. The maximum absolute atomic E-state index is 11.6. The van der Waals surface area contributed by atoms with E-state index in [-0.39, 0.29) is 24.5 Å². The van der Waals surface area contributed by atoms with Crippen LogP contribution in [-0.4, -0.2) is 58.8 Å². The zero-order valence-electron chi connectivity index (χ0n) is 9.76. The molecule has 0 saturated carbocycles. The van der Waals surface area contributed by atoms with Gasteiger partial charge in [0.25, 0.3) is 0 Å². The zero-order valence-corrected chi connectivity index (χ0v) is 9.76. The lowest BCUT2D eigenvalue weighted by Crippen LogP contribution is -2.39. The van der Waals surface area contributed by atoms with E-state index in [0.717, 1.165) is 19.6 Å². The number of aliphatic carboxylic acids is 1. The van der Waals surface area contributed by atoms with E-state index in [1.54, 1.807) is 0 Å². The molecule has 0 atom stereocenters. The molecule has 0 aromatic heterocycles. The number of hydrogen-bond donors (Lipinski definition) is 1. The number of carbonyl (C=O) groups is 2. The van der Waals surface area contributed by atoms with Crippen LogP contribution >= 0.6 is 0 Å². The van der Waals surface area contributed by atoms with Crippen LogP contribution in [0.25, 0.3) is 0 Å². The lowest BCUT2D eigenvalue weighted by Gasteiger charge is -2.24. The molecule has 1 N–H and O–H groups in total. The Bertz CT molecular complexity index is 348. The highest BCUT2D eigenvalue weighted by molar-refractivity contribution is 6.36. The fraction of sp³-hybridized carbons (Fsp3) is 0.727. The molecule has 94 valence electrons. The largest absolute Gasteiger partial charge is 0.477 e. The Morgan fingerprint density at radius 2 is 1.94 bits per heavy atom. The monoisotopic (exact) mass is 239 g/mol. The van der Waals surface area contributed by atoms with Gasteiger partial charge in [-0.15, -0.1) is 0 Å². The Labute approximate surface area is 99.9 Å². The van der Waals surface area contributed by atoms with E-state index in [4.69, 9.17) is 5.11 Å². The van der Waals surface area contributed by atoms with Gasteiger partial charge in [-0.3, -0.25) is 4.79 Å². The average molecular weight is 239 g/mol. The lowest BCUT2D eigenvalue weighted by molar-refractivity contribution is -0.133. The molecule has 0 unspecified atom stereocenters. The number of rotatable bonds is 4. The second-order valence-corrected chi connectivity index (χ2v) is 4.42. The number of carboxylic acids is 1. The predicted molar refractivity (Wildman–Crippen MR) is 61.7 cm³/mol. The first-order chi connectivity index (χ1) is 8.16.